The normalized spacial score (nSPS) is 15.5. The van der Waals surface area contributed by atoms with E-state index in [1.807, 2.05) is 0 Å². The summed E-state index contributed by atoms with van der Waals surface area (Å²) in [5.74, 6) is -2.15. The molecule has 8 heteroatoms. The smallest absolute Gasteiger partial charge is 0.196 e. The number of carbonyl (C=O) groups is 6. The molecule has 244 valence electrons. The number of aryl methyl sites for hydroxylation is 2. The number of Topliss-reactive ketones (excluding diaryl/α,β-unsaturated/α-hetero) is 4. The minimum atomic E-state index is -0.392. The van der Waals surface area contributed by atoms with Crippen molar-refractivity contribution in [2.24, 2.45) is 0 Å². The summed E-state index contributed by atoms with van der Waals surface area (Å²) >= 11 is 0. The number of carbonyl (C=O) groups excluding carboxylic acids is 6. The Morgan fingerprint density at radius 2 is 0.824 bits per heavy atom. The van der Waals surface area contributed by atoms with Gasteiger partial charge >= 0.3 is 0 Å². The summed E-state index contributed by atoms with van der Waals surface area (Å²) in [7, 11) is 0. The zero-order valence-corrected chi connectivity index (χ0v) is 27.7. The third-order valence-electron chi connectivity index (χ3n) is 10.6. The molecule has 6 aromatic rings. The van der Waals surface area contributed by atoms with Crippen molar-refractivity contribution in [1.29, 1.82) is 0 Å². The first-order valence-corrected chi connectivity index (χ1v) is 16.4. The first-order valence-electron chi connectivity index (χ1n) is 16.4. The van der Waals surface area contributed by atoms with Crippen LogP contribution in [0, 0.1) is 13.8 Å². The maximum atomic E-state index is 14.4. The largest absolute Gasteiger partial charge is 0.354 e. The fourth-order valence-electron chi connectivity index (χ4n) is 8.18. The predicted octanol–water partition coefficient (Wildman–Crippen LogP) is 7.91. The fraction of sp³-hybridized carbons (Fsp3) is 0.0698. The van der Waals surface area contributed by atoms with Gasteiger partial charge in [0.05, 0.1) is 44.7 Å². The Balaban J connectivity index is 1.42. The number of hydrogen-bond donors (Lipinski definition) is 2. The maximum absolute atomic E-state index is 14.4. The Morgan fingerprint density at radius 3 is 1.25 bits per heavy atom. The number of fused-ring (bicyclic) bond motifs is 9. The van der Waals surface area contributed by atoms with Gasteiger partial charge in [0.2, 0.25) is 0 Å². The van der Waals surface area contributed by atoms with Gasteiger partial charge in [-0.25, -0.2) is 0 Å². The number of ketones is 6. The van der Waals surface area contributed by atoms with Gasteiger partial charge in [-0.05, 0) is 31.9 Å². The molecule has 0 saturated carbocycles. The Morgan fingerprint density at radius 1 is 0.471 bits per heavy atom. The second-order valence-electron chi connectivity index (χ2n) is 13.1. The van der Waals surface area contributed by atoms with Crippen molar-refractivity contribution in [2.75, 3.05) is 0 Å². The average Bonchev–Trinajstić information content (AvgIpc) is 3.66. The minimum Gasteiger partial charge on any atom is -0.354 e. The SMILES string of the molecule is C=CC1=C(c2[nH]c3c4c(c5[nH]c(C6=C(C)C(=O)c7ccccc7C6=O)c(C)c5c3c2C)C(=O)c2ccccc2C4=O)C(=O)c2ccccc2C1=O. The van der Waals surface area contributed by atoms with Crippen LogP contribution in [-0.4, -0.2) is 44.7 Å². The molecule has 9 rings (SSSR count). The maximum Gasteiger partial charge on any atom is 0.196 e. The van der Waals surface area contributed by atoms with Crippen molar-refractivity contribution in [3.8, 4) is 0 Å². The molecule has 2 aromatic heterocycles. The van der Waals surface area contributed by atoms with Gasteiger partial charge < -0.3 is 9.97 Å². The lowest BCUT2D eigenvalue weighted by atomic mass is 9.80. The summed E-state index contributed by atoms with van der Waals surface area (Å²) in [6, 6.07) is 19.8. The van der Waals surface area contributed by atoms with E-state index in [1.165, 1.54) is 6.08 Å². The van der Waals surface area contributed by atoms with Crippen LogP contribution in [0.4, 0.5) is 0 Å². The lowest BCUT2D eigenvalue weighted by Crippen LogP contribution is -2.22. The van der Waals surface area contributed by atoms with E-state index >= 15 is 0 Å². The second kappa shape index (κ2) is 10.4. The standard InChI is InChI=1S/C43H26N2O6/c1-5-21-31(41(49)25-15-9-7-13-23(25)39(21)47)35-19(3)29-28-18(2)34(30-20(4)38(46)22-12-6-8-14-24(22)40(30)48)44-36(28)32-33(37(29)45-35)43(51)27-17-11-10-16-26(27)42(32)50/h5-17,44-45H,1H2,2-4H3. The van der Waals surface area contributed by atoms with Crippen molar-refractivity contribution in [3.05, 3.63) is 164 Å². The van der Waals surface area contributed by atoms with E-state index in [2.05, 4.69) is 16.5 Å². The Hall–Kier alpha value is -6.80. The van der Waals surface area contributed by atoms with Gasteiger partial charge in [-0.1, -0.05) is 85.5 Å². The van der Waals surface area contributed by atoms with Gasteiger partial charge in [0.15, 0.2) is 34.7 Å². The molecule has 0 fully saturated rings. The van der Waals surface area contributed by atoms with Crippen LogP contribution in [-0.2, 0) is 0 Å². The summed E-state index contributed by atoms with van der Waals surface area (Å²) in [4.78, 5) is 91.2. The molecule has 0 atom stereocenters. The van der Waals surface area contributed by atoms with E-state index in [4.69, 9.17) is 0 Å². The molecule has 8 nitrogen and oxygen atoms in total. The van der Waals surface area contributed by atoms with Crippen molar-refractivity contribution in [2.45, 2.75) is 20.8 Å². The van der Waals surface area contributed by atoms with Gasteiger partial charge in [-0.3, -0.25) is 28.8 Å². The Bertz CT molecular complexity index is 2850. The van der Waals surface area contributed by atoms with E-state index in [0.29, 0.717) is 49.9 Å². The fourth-order valence-corrected chi connectivity index (χ4v) is 8.18. The van der Waals surface area contributed by atoms with E-state index in [-0.39, 0.29) is 90.2 Å². The molecule has 51 heavy (non-hydrogen) atoms. The number of benzene rings is 4. The van der Waals surface area contributed by atoms with Crippen molar-refractivity contribution >= 4 is 67.7 Å². The molecule has 3 aliphatic rings. The van der Waals surface area contributed by atoms with Gasteiger partial charge in [0.1, 0.15) is 0 Å². The zero-order chi connectivity index (χ0) is 35.6. The highest BCUT2D eigenvalue weighted by Gasteiger charge is 2.40. The minimum absolute atomic E-state index is 0.107. The molecule has 4 aromatic carbocycles. The van der Waals surface area contributed by atoms with E-state index in [1.54, 1.807) is 93.6 Å². The molecule has 2 heterocycles. The number of rotatable bonds is 3. The molecule has 0 spiro atoms. The number of nitrogens with one attached hydrogen (secondary N) is 2. The Labute approximate surface area is 290 Å². The molecule has 3 aliphatic carbocycles. The van der Waals surface area contributed by atoms with Crippen LogP contribution >= 0.6 is 0 Å². The summed E-state index contributed by atoms with van der Waals surface area (Å²) < 4.78 is 0. The quantitative estimate of drug-likeness (QED) is 0.197. The van der Waals surface area contributed by atoms with Crippen molar-refractivity contribution in [3.63, 3.8) is 0 Å². The van der Waals surface area contributed by atoms with Crippen LogP contribution in [0.3, 0.4) is 0 Å². The third-order valence-corrected chi connectivity index (χ3v) is 10.6. The van der Waals surface area contributed by atoms with E-state index in [9.17, 15) is 28.8 Å². The van der Waals surface area contributed by atoms with Crippen LogP contribution in [0.1, 0.15) is 103 Å². The molecular weight excluding hydrogens is 640 g/mol. The van der Waals surface area contributed by atoms with E-state index in [0.717, 1.165) is 0 Å². The molecule has 0 radical (unpaired) electrons. The van der Waals surface area contributed by atoms with E-state index < -0.39 is 5.78 Å². The van der Waals surface area contributed by atoms with Gasteiger partial charge in [-0.2, -0.15) is 0 Å². The Kier molecular flexibility index (Phi) is 6.15. The van der Waals surface area contributed by atoms with Crippen LogP contribution in [0.2, 0.25) is 0 Å². The van der Waals surface area contributed by atoms with Gasteiger partial charge in [0, 0.05) is 55.3 Å². The number of aromatic nitrogens is 2. The molecule has 0 unspecified atom stereocenters. The molecule has 0 amide bonds. The number of H-pyrrole nitrogens is 2. The topological polar surface area (TPSA) is 134 Å². The van der Waals surface area contributed by atoms with Crippen LogP contribution in [0.25, 0.3) is 33.0 Å². The van der Waals surface area contributed by atoms with Crippen molar-refractivity contribution < 1.29 is 28.8 Å². The average molecular weight is 667 g/mol. The molecular formula is C43H26N2O6. The highest BCUT2D eigenvalue weighted by molar-refractivity contribution is 6.44. The molecule has 0 saturated heterocycles. The third kappa shape index (κ3) is 3.73. The first-order chi connectivity index (χ1) is 24.6. The van der Waals surface area contributed by atoms with Crippen LogP contribution < -0.4 is 0 Å². The van der Waals surface area contributed by atoms with Crippen molar-refractivity contribution in [1.82, 2.24) is 9.97 Å². The predicted molar refractivity (Wildman–Crippen MR) is 193 cm³/mol. The summed E-state index contributed by atoms with van der Waals surface area (Å²) in [5.41, 5.74) is 4.94. The lowest BCUT2D eigenvalue weighted by Gasteiger charge is -2.19. The van der Waals surface area contributed by atoms with Crippen LogP contribution in [0.15, 0.2) is 96.6 Å². The van der Waals surface area contributed by atoms with Gasteiger partial charge in [0.25, 0.3) is 0 Å². The second-order valence-corrected chi connectivity index (χ2v) is 13.1. The monoisotopic (exact) mass is 666 g/mol. The highest BCUT2D eigenvalue weighted by Crippen LogP contribution is 2.46. The number of allylic oxidation sites excluding steroid dienone is 5. The summed E-state index contributed by atoms with van der Waals surface area (Å²) in [5, 5.41) is 1.09. The zero-order valence-electron chi connectivity index (χ0n) is 27.7. The molecule has 0 aliphatic heterocycles. The summed E-state index contributed by atoms with van der Waals surface area (Å²) in [6.07, 6.45) is 1.37. The number of aromatic amines is 2. The molecule has 2 N–H and O–H groups in total. The highest BCUT2D eigenvalue weighted by atomic mass is 16.2. The number of hydrogen-bond acceptors (Lipinski definition) is 6. The molecule has 0 bridgehead atoms. The summed E-state index contributed by atoms with van der Waals surface area (Å²) in [6.45, 7) is 9.06. The van der Waals surface area contributed by atoms with Gasteiger partial charge in [-0.15, -0.1) is 0 Å². The lowest BCUT2D eigenvalue weighted by molar-refractivity contribution is 0.0981. The first kappa shape index (κ1) is 30.3. The van der Waals surface area contributed by atoms with Crippen LogP contribution in [0.5, 0.6) is 0 Å².